The van der Waals surface area contributed by atoms with Gasteiger partial charge in [-0.15, -0.1) is 0 Å². The van der Waals surface area contributed by atoms with Crippen LogP contribution in [-0.2, 0) is 28.5 Å². The number of esters is 1. The van der Waals surface area contributed by atoms with Crippen molar-refractivity contribution in [2.24, 2.45) is 0 Å². The summed E-state index contributed by atoms with van der Waals surface area (Å²) in [6, 6.07) is 4.34. The molecule has 2 unspecified atom stereocenters. The van der Waals surface area contributed by atoms with Crippen molar-refractivity contribution in [3.63, 3.8) is 0 Å². The second-order valence-electron chi connectivity index (χ2n) is 13.8. The first-order valence-corrected chi connectivity index (χ1v) is 15.3. The van der Waals surface area contributed by atoms with E-state index in [-0.39, 0.29) is 56.0 Å². The number of ether oxygens (including phenoxy) is 5. The lowest BCUT2D eigenvalue weighted by molar-refractivity contribution is -0.155. The Labute approximate surface area is 253 Å². The second-order valence-corrected chi connectivity index (χ2v) is 13.8. The monoisotopic (exact) mass is 606 g/mol. The first kappa shape index (κ1) is 33.0. The van der Waals surface area contributed by atoms with Crippen LogP contribution in [0, 0.1) is 5.82 Å². The number of benzene rings is 1. The maximum absolute atomic E-state index is 15.1. The summed E-state index contributed by atoms with van der Waals surface area (Å²) < 4.78 is 43.9. The molecule has 1 N–H and O–H groups in total. The molecule has 2 atom stereocenters. The molecule has 1 spiro atoms. The highest BCUT2D eigenvalue weighted by molar-refractivity contribution is 5.79. The second kappa shape index (κ2) is 13.4. The summed E-state index contributed by atoms with van der Waals surface area (Å²) in [6.45, 7) is 11.9. The number of halogens is 1. The SMILES string of the molecule is CC(C)(C)OC(=O)CCOc1cccc(F)c1[C@H]1CC[C@@H](OCC2N(C(=O)OC(C)(C)C)CCC23COCC(=O)N3)CC1. The van der Waals surface area contributed by atoms with E-state index in [1.54, 1.807) is 17.0 Å². The first-order chi connectivity index (χ1) is 20.2. The molecular formula is C32H47FN2O8. The lowest BCUT2D eigenvalue weighted by Gasteiger charge is -2.41. The minimum atomic E-state index is -0.734. The number of rotatable bonds is 8. The average molecular weight is 607 g/mol. The molecular weight excluding hydrogens is 559 g/mol. The Morgan fingerprint density at radius 3 is 2.42 bits per heavy atom. The third-order valence-corrected chi connectivity index (χ3v) is 7.99. The van der Waals surface area contributed by atoms with Crippen molar-refractivity contribution >= 4 is 18.0 Å². The number of hydrogen-bond acceptors (Lipinski definition) is 8. The zero-order valence-corrected chi connectivity index (χ0v) is 26.3. The van der Waals surface area contributed by atoms with Crippen molar-refractivity contribution < 1.29 is 42.5 Å². The molecule has 43 heavy (non-hydrogen) atoms. The number of likely N-dealkylation sites (tertiary alicyclic amines) is 1. The molecule has 3 fully saturated rings. The normalized spacial score (nSPS) is 26.3. The summed E-state index contributed by atoms with van der Waals surface area (Å²) in [6.07, 6.45) is 2.87. The first-order valence-electron chi connectivity index (χ1n) is 15.3. The summed E-state index contributed by atoms with van der Waals surface area (Å²) in [4.78, 5) is 39.1. The topological polar surface area (TPSA) is 113 Å². The summed E-state index contributed by atoms with van der Waals surface area (Å²) in [5, 5.41) is 3.07. The Balaban J connectivity index is 1.36. The standard InChI is InChI=1S/C32H47FN2O8/c1-30(2,3)42-27(37)14-17-40-24-9-7-8-23(33)28(24)21-10-12-22(13-11-21)41-18-25-32(20-39-19-26(36)34-32)15-16-35(25)29(38)43-31(4,5)6/h7-9,21-22,25H,10-20H2,1-6H3,(H,34,36)/t21-,22+,25?,32?. The van der Waals surface area contributed by atoms with E-state index >= 15 is 4.39 Å². The fourth-order valence-corrected chi connectivity index (χ4v) is 6.14. The maximum Gasteiger partial charge on any atom is 0.410 e. The van der Waals surface area contributed by atoms with E-state index in [0.717, 1.165) is 0 Å². The highest BCUT2D eigenvalue weighted by Crippen LogP contribution is 2.40. The smallest absolute Gasteiger partial charge is 0.410 e. The number of nitrogens with one attached hydrogen (secondary N) is 1. The average Bonchev–Trinajstić information content (AvgIpc) is 3.22. The number of morpholine rings is 1. The number of nitrogens with zero attached hydrogens (tertiary/aromatic N) is 1. The van der Waals surface area contributed by atoms with Crippen molar-refractivity contribution in [3.8, 4) is 5.75 Å². The van der Waals surface area contributed by atoms with Crippen LogP contribution in [0.4, 0.5) is 9.18 Å². The van der Waals surface area contributed by atoms with Gasteiger partial charge in [-0.3, -0.25) is 9.59 Å². The van der Waals surface area contributed by atoms with Gasteiger partial charge in [0, 0.05) is 12.1 Å². The molecule has 0 bridgehead atoms. The van der Waals surface area contributed by atoms with Crippen molar-refractivity contribution in [3.05, 3.63) is 29.6 Å². The molecule has 11 heteroatoms. The van der Waals surface area contributed by atoms with Gasteiger partial charge in [0.2, 0.25) is 5.91 Å². The van der Waals surface area contributed by atoms with E-state index in [2.05, 4.69) is 5.32 Å². The largest absolute Gasteiger partial charge is 0.493 e. The van der Waals surface area contributed by atoms with Crippen molar-refractivity contribution in [1.29, 1.82) is 0 Å². The Morgan fingerprint density at radius 1 is 1.07 bits per heavy atom. The van der Waals surface area contributed by atoms with E-state index in [4.69, 9.17) is 23.7 Å². The van der Waals surface area contributed by atoms with Crippen molar-refractivity contribution in [2.45, 2.75) is 115 Å². The van der Waals surface area contributed by atoms with Crippen molar-refractivity contribution in [2.75, 3.05) is 33.0 Å². The van der Waals surface area contributed by atoms with E-state index < -0.39 is 28.9 Å². The molecule has 1 aromatic rings. The van der Waals surface area contributed by atoms with Crippen LogP contribution in [0.1, 0.15) is 91.5 Å². The number of carbonyl (C=O) groups is 3. The van der Waals surface area contributed by atoms with Gasteiger partial charge < -0.3 is 33.9 Å². The Hall–Kier alpha value is -2.92. The highest BCUT2D eigenvalue weighted by Gasteiger charge is 2.53. The summed E-state index contributed by atoms with van der Waals surface area (Å²) in [5.41, 5.74) is -1.44. The number of carbonyl (C=O) groups excluding carboxylic acids is 3. The molecule has 240 valence electrons. The predicted molar refractivity (Wildman–Crippen MR) is 156 cm³/mol. The minimum Gasteiger partial charge on any atom is -0.493 e. The fraction of sp³-hybridized carbons (Fsp3) is 0.719. The maximum atomic E-state index is 15.1. The molecule has 0 aromatic heterocycles. The van der Waals surface area contributed by atoms with Gasteiger partial charge in [0.15, 0.2) is 0 Å². The zero-order valence-electron chi connectivity index (χ0n) is 26.3. The fourth-order valence-electron chi connectivity index (χ4n) is 6.14. The molecule has 1 aliphatic carbocycles. The van der Waals surface area contributed by atoms with Gasteiger partial charge in [0.1, 0.15) is 29.4 Å². The van der Waals surface area contributed by atoms with Gasteiger partial charge in [0.25, 0.3) is 0 Å². The van der Waals surface area contributed by atoms with Crippen LogP contribution in [0.2, 0.25) is 0 Å². The van der Waals surface area contributed by atoms with Crippen LogP contribution < -0.4 is 10.1 Å². The molecule has 10 nitrogen and oxygen atoms in total. The van der Waals surface area contributed by atoms with Crippen LogP contribution >= 0.6 is 0 Å². The summed E-state index contributed by atoms with van der Waals surface area (Å²) >= 11 is 0. The number of amides is 2. The lowest BCUT2D eigenvalue weighted by atomic mass is 9.82. The van der Waals surface area contributed by atoms with Crippen LogP contribution in [0.3, 0.4) is 0 Å². The highest BCUT2D eigenvalue weighted by atomic mass is 19.1. The molecule has 2 amide bonds. The molecule has 1 aromatic carbocycles. The summed E-state index contributed by atoms with van der Waals surface area (Å²) in [7, 11) is 0. The Bertz CT molecular complexity index is 1160. The van der Waals surface area contributed by atoms with E-state index in [9.17, 15) is 14.4 Å². The van der Waals surface area contributed by atoms with E-state index in [1.807, 2.05) is 41.5 Å². The quantitative estimate of drug-likeness (QED) is 0.417. The third kappa shape index (κ3) is 8.81. The molecule has 0 radical (unpaired) electrons. The number of hydrogen-bond donors (Lipinski definition) is 1. The predicted octanol–water partition coefficient (Wildman–Crippen LogP) is 4.87. The molecule has 2 saturated heterocycles. The van der Waals surface area contributed by atoms with Crippen LogP contribution in [0.25, 0.3) is 0 Å². The molecule has 2 heterocycles. The zero-order chi connectivity index (χ0) is 31.4. The van der Waals surface area contributed by atoms with Gasteiger partial charge in [0.05, 0.1) is 43.9 Å². The van der Waals surface area contributed by atoms with Crippen LogP contribution in [0.5, 0.6) is 5.75 Å². The van der Waals surface area contributed by atoms with Gasteiger partial charge in [-0.05, 0) is 91.7 Å². The van der Waals surface area contributed by atoms with Gasteiger partial charge in [-0.2, -0.15) is 0 Å². The summed E-state index contributed by atoms with van der Waals surface area (Å²) in [5.74, 6) is -0.511. The van der Waals surface area contributed by atoms with Crippen LogP contribution in [-0.4, -0.2) is 84.7 Å². The lowest BCUT2D eigenvalue weighted by Crippen LogP contribution is -2.65. The Morgan fingerprint density at radius 2 is 1.77 bits per heavy atom. The van der Waals surface area contributed by atoms with Crippen LogP contribution in [0.15, 0.2) is 18.2 Å². The van der Waals surface area contributed by atoms with Crippen molar-refractivity contribution in [1.82, 2.24) is 10.2 Å². The third-order valence-electron chi connectivity index (χ3n) is 7.99. The van der Waals surface area contributed by atoms with E-state index in [0.29, 0.717) is 56.6 Å². The van der Waals surface area contributed by atoms with Gasteiger partial charge in [-0.1, -0.05) is 6.07 Å². The van der Waals surface area contributed by atoms with Gasteiger partial charge in [-0.25, -0.2) is 9.18 Å². The Kier molecular flexibility index (Phi) is 10.3. The van der Waals surface area contributed by atoms with Gasteiger partial charge >= 0.3 is 12.1 Å². The van der Waals surface area contributed by atoms with E-state index in [1.165, 1.54) is 6.07 Å². The molecule has 3 aliphatic rings. The molecule has 2 aliphatic heterocycles. The molecule has 4 rings (SSSR count). The minimum absolute atomic E-state index is 0.00543. The molecule has 1 saturated carbocycles.